The molecule has 0 spiro atoms. The van der Waals surface area contributed by atoms with E-state index in [9.17, 15) is 9.59 Å². The van der Waals surface area contributed by atoms with Crippen LogP contribution in [0.3, 0.4) is 0 Å². The molecular formula is C16H22N4O2. The Balaban J connectivity index is 1.81. The maximum Gasteiger partial charge on any atom is 0.321 e. The number of carbonyl (C=O) groups excluding carboxylic acids is 2. The van der Waals surface area contributed by atoms with Crippen molar-refractivity contribution < 1.29 is 9.59 Å². The van der Waals surface area contributed by atoms with Crippen molar-refractivity contribution in [3.05, 3.63) is 29.8 Å². The van der Waals surface area contributed by atoms with E-state index in [1.165, 1.54) is 0 Å². The van der Waals surface area contributed by atoms with Crippen molar-refractivity contribution in [2.75, 3.05) is 37.6 Å². The molecule has 0 saturated carbocycles. The van der Waals surface area contributed by atoms with Gasteiger partial charge in [0, 0.05) is 50.0 Å². The predicted molar refractivity (Wildman–Crippen MR) is 85.2 cm³/mol. The smallest absolute Gasteiger partial charge is 0.321 e. The Bertz CT molecular complexity index is 575. The quantitative estimate of drug-likeness (QED) is 0.858. The molecule has 3 amide bonds. The number of piperazine rings is 1. The van der Waals surface area contributed by atoms with E-state index in [2.05, 4.69) is 10.6 Å². The summed E-state index contributed by atoms with van der Waals surface area (Å²) in [5.41, 5.74) is 1.43. The Kier molecular flexibility index (Phi) is 4.29. The molecule has 2 aliphatic heterocycles. The molecule has 22 heavy (non-hydrogen) atoms. The number of rotatable bonds is 2. The summed E-state index contributed by atoms with van der Waals surface area (Å²) in [7, 11) is 0. The van der Waals surface area contributed by atoms with E-state index in [0.29, 0.717) is 25.2 Å². The normalized spacial score (nSPS) is 22.4. The van der Waals surface area contributed by atoms with Gasteiger partial charge in [0.1, 0.15) is 0 Å². The van der Waals surface area contributed by atoms with Gasteiger partial charge < -0.3 is 15.5 Å². The van der Waals surface area contributed by atoms with E-state index in [4.69, 9.17) is 0 Å². The van der Waals surface area contributed by atoms with Crippen molar-refractivity contribution in [1.82, 2.24) is 15.5 Å². The highest BCUT2D eigenvalue weighted by Gasteiger charge is 2.25. The molecule has 0 radical (unpaired) electrons. The van der Waals surface area contributed by atoms with Crippen LogP contribution in [0.5, 0.6) is 0 Å². The molecule has 0 bridgehead atoms. The highest BCUT2D eigenvalue weighted by Crippen LogP contribution is 2.20. The second-order valence-electron chi connectivity index (χ2n) is 5.84. The summed E-state index contributed by atoms with van der Waals surface area (Å²) in [6, 6.07) is 7.46. The lowest BCUT2D eigenvalue weighted by atomic mass is 10.1. The average Bonchev–Trinajstić information content (AvgIpc) is 2.55. The molecule has 118 valence electrons. The fourth-order valence-corrected chi connectivity index (χ4v) is 2.99. The van der Waals surface area contributed by atoms with Crippen LogP contribution in [0.4, 0.5) is 10.5 Å². The van der Waals surface area contributed by atoms with Gasteiger partial charge in [-0.2, -0.15) is 0 Å². The number of carbonyl (C=O) groups is 2. The lowest BCUT2D eigenvalue weighted by Gasteiger charge is -2.34. The van der Waals surface area contributed by atoms with E-state index in [1.807, 2.05) is 36.1 Å². The number of benzene rings is 1. The zero-order chi connectivity index (χ0) is 15.5. The Morgan fingerprint density at radius 1 is 1.27 bits per heavy atom. The third kappa shape index (κ3) is 2.92. The first-order valence-corrected chi connectivity index (χ1v) is 7.84. The minimum absolute atomic E-state index is 0.0354. The van der Waals surface area contributed by atoms with Crippen LogP contribution in [0.15, 0.2) is 24.3 Å². The van der Waals surface area contributed by atoms with E-state index in [1.54, 1.807) is 4.90 Å². The fourth-order valence-electron chi connectivity index (χ4n) is 2.99. The molecule has 1 aromatic rings. The second kappa shape index (κ2) is 6.36. The number of hydrogen-bond donors (Lipinski definition) is 2. The Morgan fingerprint density at radius 3 is 2.91 bits per heavy atom. The van der Waals surface area contributed by atoms with Crippen molar-refractivity contribution in [1.29, 1.82) is 0 Å². The van der Waals surface area contributed by atoms with Gasteiger partial charge in [0.25, 0.3) is 5.91 Å². The maximum atomic E-state index is 12.7. The largest absolute Gasteiger partial charge is 0.338 e. The summed E-state index contributed by atoms with van der Waals surface area (Å²) in [5.74, 6) is 0.0354. The second-order valence-corrected chi connectivity index (χ2v) is 5.84. The third-order valence-electron chi connectivity index (χ3n) is 4.25. The number of nitrogens with zero attached hydrogens (tertiary/aromatic N) is 2. The fraction of sp³-hybridized carbons (Fsp3) is 0.500. The van der Waals surface area contributed by atoms with E-state index in [-0.39, 0.29) is 18.0 Å². The SMILES string of the molecule is C[C@@H]1CNCCN1C(=O)c1cccc(N2CCCNC2=O)c1. The number of nitrogens with one attached hydrogen (secondary N) is 2. The summed E-state index contributed by atoms with van der Waals surface area (Å²) < 4.78 is 0. The first kappa shape index (κ1) is 14.8. The minimum atomic E-state index is -0.0913. The summed E-state index contributed by atoms with van der Waals surface area (Å²) >= 11 is 0. The molecule has 0 unspecified atom stereocenters. The molecule has 6 heteroatoms. The Hall–Kier alpha value is -2.08. The van der Waals surface area contributed by atoms with E-state index < -0.39 is 0 Å². The molecule has 1 aromatic carbocycles. The van der Waals surface area contributed by atoms with Crippen LogP contribution in [-0.4, -0.2) is 55.6 Å². The summed E-state index contributed by atoms with van der Waals surface area (Å²) in [5, 5.41) is 6.12. The van der Waals surface area contributed by atoms with Crippen LogP contribution in [0, 0.1) is 0 Å². The Morgan fingerprint density at radius 2 is 2.14 bits per heavy atom. The van der Waals surface area contributed by atoms with Crippen molar-refractivity contribution in [3.63, 3.8) is 0 Å². The van der Waals surface area contributed by atoms with Gasteiger partial charge in [-0.3, -0.25) is 9.69 Å². The van der Waals surface area contributed by atoms with Gasteiger partial charge in [0.05, 0.1) is 0 Å². The molecule has 2 heterocycles. The first-order valence-electron chi connectivity index (χ1n) is 7.84. The molecule has 0 aliphatic carbocycles. The number of amides is 3. The standard InChI is InChI=1S/C16H22N4O2/c1-12-11-17-7-9-19(12)15(21)13-4-2-5-14(10-13)20-8-3-6-18-16(20)22/h2,4-5,10,12,17H,3,6-9,11H2,1H3,(H,18,22)/t12-/m1/s1. The van der Waals surface area contributed by atoms with Gasteiger partial charge >= 0.3 is 6.03 Å². The van der Waals surface area contributed by atoms with Gasteiger partial charge in [-0.1, -0.05) is 6.07 Å². The molecule has 2 saturated heterocycles. The molecule has 2 N–H and O–H groups in total. The number of hydrogen-bond acceptors (Lipinski definition) is 3. The molecular weight excluding hydrogens is 280 g/mol. The topological polar surface area (TPSA) is 64.7 Å². The monoisotopic (exact) mass is 302 g/mol. The van der Waals surface area contributed by atoms with Crippen LogP contribution in [-0.2, 0) is 0 Å². The molecule has 2 aliphatic rings. The number of anilines is 1. The molecule has 1 atom stereocenters. The van der Waals surface area contributed by atoms with Crippen molar-refractivity contribution in [2.45, 2.75) is 19.4 Å². The third-order valence-corrected chi connectivity index (χ3v) is 4.25. The molecule has 6 nitrogen and oxygen atoms in total. The highest BCUT2D eigenvalue weighted by molar-refractivity contribution is 5.98. The van der Waals surface area contributed by atoms with Gasteiger partial charge in [-0.05, 0) is 31.5 Å². The zero-order valence-corrected chi connectivity index (χ0v) is 12.8. The summed E-state index contributed by atoms with van der Waals surface area (Å²) in [6.07, 6.45) is 0.915. The van der Waals surface area contributed by atoms with E-state index in [0.717, 1.165) is 25.2 Å². The van der Waals surface area contributed by atoms with Crippen molar-refractivity contribution >= 4 is 17.6 Å². The van der Waals surface area contributed by atoms with Gasteiger partial charge in [0.2, 0.25) is 0 Å². The maximum absolute atomic E-state index is 12.7. The number of urea groups is 1. The lowest BCUT2D eigenvalue weighted by Crippen LogP contribution is -2.52. The van der Waals surface area contributed by atoms with Gasteiger partial charge in [-0.15, -0.1) is 0 Å². The molecule has 2 fully saturated rings. The first-order chi connectivity index (χ1) is 10.7. The Labute approximate surface area is 130 Å². The summed E-state index contributed by atoms with van der Waals surface area (Å²) in [4.78, 5) is 28.2. The summed E-state index contributed by atoms with van der Waals surface area (Å²) in [6.45, 7) is 5.81. The van der Waals surface area contributed by atoms with Gasteiger partial charge in [0.15, 0.2) is 0 Å². The van der Waals surface area contributed by atoms with Crippen molar-refractivity contribution in [3.8, 4) is 0 Å². The molecule has 0 aromatic heterocycles. The van der Waals surface area contributed by atoms with Crippen molar-refractivity contribution in [2.24, 2.45) is 0 Å². The molecule has 3 rings (SSSR count). The zero-order valence-electron chi connectivity index (χ0n) is 12.8. The van der Waals surface area contributed by atoms with Gasteiger partial charge in [-0.25, -0.2) is 4.79 Å². The average molecular weight is 302 g/mol. The minimum Gasteiger partial charge on any atom is -0.338 e. The highest BCUT2D eigenvalue weighted by atomic mass is 16.2. The van der Waals surface area contributed by atoms with Crippen LogP contribution < -0.4 is 15.5 Å². The van der Waals surface area contributed by atoms with Crippen LogP contribution in [0.25, 0.3) is 0 Å². The van der Waals surface area contributed by atoms with E-state index >= 15 is 0 Å². The van der Waals surface area contributed by atoms with Crippen LogP contribution in [0.2, 0.25) is 0 Å². The predicted octanol–water partition coefficient (Wildman–Crippen LogP) is 1.04. The van der Waals surface area contributed by atoms with Crippen LogP contribution in [0.1, 0.15) is 23.7 Å². The van der Waals surface area contributed by atoms with Crippen LogP contribution >= 0.6 is 0 Å². The lowest BCUT2D eigenvalue weighted by molar-refractivity contribution is 0.0655.